The summed E-state index contributed by atoms with van der Waals surface area (Å²) in [4.78, 5) is 11.1. The Hall–Kier alpha value is -0.940. The van der Waals surface area contributed by atoms with Gasteiger partial charge in [-0.25, -0.2) is 4.39 Å². The van der Waals surface area contributed by atoms with Gasteiger partial charge in [0.2, 0.25) is 0 Å². The highest BCUT2D eigenvalue weighted by molar-refractivity contribution is 9.10. The number of rotatable bonds is 6. The average molecular weight is 344 g/mol. The summed E-state index contributed by atoms with van der Waals surface area (Å²) in [6.07, 6.45) is 3.06. The van der Waals surface area contributed by atoms with Crippen molar-refractivity contribution in [2.75, 3.05) is 0 Å². The van der Waals surface area contributed by atoms with E-state index in [1.807, 2.05) is 13.0 Å². The van der Waals surface area contributed by atoms with Crippen LogP contribution >= 0.6 is 15.9 Å². The number of carbonyl (C=O) groups is 1. The van der Waals surface area contributed by atoms with Crippen molar-refractivity contribution in [1.82, 2.24) is 5.32 Å². The SMILES string of the molecule is CCCC(NC1CC(c2ccc(Br)cc2F)C1)C(=O)O. The Morgan fingerprint density at radius 3 is 2.80 bits per heavy atom. The topological polar surface area (TPSA) is 49.3 Å². The molecule has 20 heavy (non-hydrogen) atoms. The Morgan fingerprint density at radius 2 is 2.25 bits per heavy atom. The van der Waals surface area contributed by atoms with Crippen molar-refractivity contribution in [3.8, 4) is 0 Å². The monoisotopic (exact) mass is 343 g/mol. The molecule has 3 nitrogen and oxygen atoms in total. The molecule has 0 aromatic heterocycles. The second-order valence-corrected chi connectivity index (χ2v) is 6.29. The van der Waals surface area contributed by atoms with E-state index in [1.165, 1.54) is 6.07 Å². The molecule has 1 saturated carbocycles. The number of benzene rings is 1. The molecule has 0 radical (unpaired) electrons. The number of hydrogen-bond acceptors (Lipinski definition) is 2. The Kier molecular flexibility index (Phi) is 5.16. The molecule has 110 valence electrons. The van der Waals surface area contributed by atoms with Gasteiger partial charge < -0.3 is 10.4 Å². The molecule has 0 amide bonds. The normalized spacial score (nSPS) is 23.1. The summed E-state index contributed by atoms with van der Waals surface area (Å²) in [5, 5.41) is 12.3. The van der Waals surface area contributed by atoms with Gasteiger partial charge in [-0.05, 0) is 42.9 Å². The number of carboxylic acid groups (broad SMARTS) is 1. The van der Waals surface area contributed by atoms with E-state index in [0.29, 0.717) is 6.42 Å². The summed E-state index contributed by atoms with van der Waals surface area (Å²) < 4.78 is 14.6. The Bertz CT molecular complexity index is 489. The van der Waals surface area contributed by atoms with E-state index in [-0.39, 0.29) is 17.8 Å². The van der Waals surface area contributed by atoms with Crippen LogP contribution in [0.1, 0.15) is 44.1 Å². The van der Waals surface area contributed by atoms with Crippen LogP contribution in [-0.4, -0.2) is 23.2 Å². The van der Waals surface area contributed by atoms with E-state index in [0.717, 1.165) is 29.3 Å². The minimum Gasteiger partial charge on any atom is -0.480 e. The third-order valence-electron chi connectivity index (χ3n) is 3.85. The van der Waals surface area contributed by atoms with Crippen molar-refractivity contribution in [2.45, 2.75) is 50.6 Å². The highest BCUT2D eigenvalue weighted by Crippen LogP contribution is 2.38. The van der Waals surface area contributed by atoms with E-state index in [4.69, 9.17) is 5.11 Å². The van der Waals surface area contributed by atoms with E-state index in [2.05, 4.69) is 21.2 Å². The lowest BCUT2D eigenvalue weighted by molar-refractivity contribution is -0.140. The van der Waals surface area contributed by atoms with Crippen LogP contribution in [0.15, 0.2) is 22.7 Å². The van der Waals surface area contributed by atoms with Crippen LogP contribution < -0.4 is 5.32 Å². The molecule has 1 aliphatic carbocycles. The minimum absolute atomic E-state index is 0.177. The summed E-state index contributed by atoms with van der Waals surface area (Å²) in [5.74, 6) is -0.798. The van der Waals surface area contributed by atoms with Crippen molar-refractivity contribution < 1.29 is 14.3 Å². The van der Waals surface area contributed by atoms with Gasteiger partial charge in [-0.15, -0.1) is 0 Å². The number of aliphatic carboxylic acids is 1. The van der Waals surface area contributed by atoms with Gasteiger partial charge in [0.15, 0.2) is 0 Å². The van der Waals surface area contributed by atoms with Gasteiger partial charge in [-0.1, -0.05) is 35.3 Å². The van der Waals surface area contributed by atoms with Crippen molar-refractivity contribution in [3.05, 3.63) is 34.1 Å². The first-order valence-electron chi connectivity index (χ1n) is 6.95. The lowest BCUT2D eigenvalue weighted by atomic mass is 9.75. The highest BCUT2D eigenvalue weighted by atomic mass is 79.9. The molecule has 1 unspecified atom stereocenters. The fraction of sp³-hybridized carbons (Fsp3) is 0.533. The van der Waals surface area contributed by atoms with Crippen LogP contribution in [-0.2, 0) is 4.79 Å². The maximum atomic E-state index is 13.8. The molecule has 2 rings (SSSR count). The van der Waals surface area contributed by atoms with Crippen molar-refractivity contribution in [1.29, 1.82) is 0 Å². The highest BCUT2D eigenvalue weighted by Gasteiger charge is 2.34. The van der Waals surface area contributed by atoms with E-state index >= 15 is 0 Å². The molecule has 1 aromatic rings. The molecule has 1 aliphatic rings. The molecule has 0 heterocycles. The summed E-state index contributed by atoms with van der Waals surface area (Å²) in [5.41, 5.74) is 0.730. The van der Waals surface area contributed by atoms with E-state index in [1.54, 1.807) is 6.07 Å². The molecule has 0 aliphatic heterocycles. The molecule has 1 aromatic carbocycles. The summed E-state index contributed by atoms with van der Waals surface area (Å²) >= 11 is 3.25. The Morgan fingerprint density at radius 1 is 1.55 bits per heavy atom. The Labute approximate surface area is 126 Å². The van der Waals surface area contributed by atoms with Gasteiger partial charge >= 0.3 is 5.97 Å². The predicted octanol–water partition coefficient (Wildman–Crippen LogP) is 3.68. The van der Waals surface area contributed by atoms with E-state index in [9.17, 15) is 9.18 Å². The van der Waals surface area contributed by atoms with Crippen LogP contribution in [0.3, 0.4) is 0 Å². The van der Waals surface area contributed by atoms with Crippen LogP contribution in [0.2, 0.25) is 0 Å². The molecule has 0 saturated heterocycles. The van der Waals surface area contributed by atoms with Gasteiger partial charge in [0.1, 0.15) is 11.9 Å². The van der Waals surface area contributed by atoms with Crippen molar-refractivity contribution in [2.24, 2.45) is 0 Å². The molecular weight excluding hydrogens is 325 g/mol. The van der Waals surface area contributed by atoms with Gasteiger partial charge in [0.25, 0.3) is 0 Å². The first kappa shape index (κ1) is 15.4. The maximum absolute atomic E-state index is 13.8. The number of nitrogens with one attached hydrogen (secondary N) is 1. The smallest absolute Gasteiger partial charge is 0.320 e. The fourth-order valence-electron chi connectivity index (χ4n) is 2.69. The second kappa shape index (κ2) is 6.68. The van der Waals surface area contributed by atoms with Gasteiger partial charge in [0.05, 0.1) is 0 Å². The molecule has 1 atom stereocenters. The third kappa shape index (κ3) is 3.58. The Balaban J connectivity index is 1.89. The summed E-state index contributed by atoms with van der Waals surface area (Å²) in [7, 11) is 0. The summed E-state index contributed by atoms with van der Waals surface area (Å²) in [6, 6.07) is 4.82. The largest absolute Gasteiger partial charge is 0.480 e. The number of hydrogen-bond donors (Lipinski definition) is 2. The molecular formula is C15H19BrFNO2. The second-order valence-electron chi connectivity index (χ2n) is 5.38. The maximum Gasteiger partial charge on any atom is 0.320 e. The quantitative estimate of drug-likeness (QED) is 0.828. The standard InChI is InChI=1S/C15H19BrFNO2/c1-2-3-14(15(19)20)18-11-6-9(7-11)12-5-4-10(16)8-13(12)17/h4-5,8-9,11,14,18H,2-3,6-7H2,1H3,(H,19,20). The van der Waals surface area contributed by atoms with Crippen molar-refractivity contribution in [3.63, 3.8) is 0 Å². The van der Waals surface area contributed by atoms with Crippen LogP contribution in [0.4, 0.5) is 4.39 Å². The average Bonchev–Trinajstić information content (AvgIpc) is 2.33. The molecule has 1 fully saturated rings. The lowest BCUT2D eigenvalue weighted by Gasteiger charge is -2.38. The van der Waals surface area contributed by atoms with E-state index < -0.39 is 12.0 Å². The third-order valence-corrected chi connectivity index (χ3v) is 4.35. The van der Waals surface area contributed by atoms with Crippen LogP contribution in [0.25, 0.3) is 0 Å². The molecule has 5 heteroatoms. The molecule has 0 spiro atoms. The van der Waals surface area contributed by atoms with Crippen LogP contribution in [0.5, 0.6) is 0 Å². The number of halogens is 2. The van der Waals surface area contributed by atoms with Gasteiger partial charge in [-0.2, -0.15) is 0 Å². The minimum atomic E-state index is -0.801. The van der Waals surface area contributed by atoms with Crippen LogP contribution in [0, 0.1) is 5.82 Å². The predicted molar refractivity (Wildman–Crippen MR) is 79.3 cm³/mol. The zero-order valence-electron chi connectivity index (χ0n) is 11.4. The summed E-state index contributed by atoms with van der Waals surface area (Å²) in [6.45, 7) is 1.97. The molecule has 2 N–H and O–H groups in total. The molecule has 0 bridgehead atoms. The number of carboxylic acids is 1. The van der Waals surface area contributed by atoms with Gasteiger partial charge in [-0.3, -0.25) is 4.79 Å². The van der Waals surface area contributed by atoms with Gasteiger partial charge in [0, 0.05) is 10.5 Å². The van der Waals surface area contributed by atoms with Crippen molar-refractivity contribution >= 4 is 21.9 Å². The first-order valence-corrected chi connectivity index (χ1v) is 7.74. The zero-order valence-corrected chi connectivity index (χ0v) is 13.0. The lowest BCUT2D eigenvalue weighted by Crippen LogP contribution is -2.48. The first-order chi connectivity index (χ1) is 9.51. The fourth-order valence-corrected chi connectivity index (χ4v) is 3.02. The zero-order chi connectivity index (χ0) is 14.7.